The van der Waals surface area contributed by atoms with Crippen LogP contribution in [0.15, 0.2) is 191 Å². The number of fused-ring (bicyclic) bond motifs is 9. The monoisotopic (exact) mass is 1260 g/mol. The van der Waals surface area contributed by atoms with Crippen LogP contribution in [0, 0.1) is 19.1 Å². The number of hydrogen-bond donors (Lipinski definition) is 0. The van der Waals surface area contributed by atoms with Gasteiger partial charge in [0, 0.05) is 33.6 Å². The maximum atomic E-state index is 7.31. The maximum Gasteiger partial charge on any atom is 2.00 e. The van der Waals surface area contributed by atoms with Crippen LogP contribution in [0.25, 0.3) is 122 Å². The van der Waals surface area contributed by atoms with Gasteiger partial charge in [-0.05, 0) is 135 Å². The van der Waals surface area contributed by atoms with Gasteiger partial charge in [-0.25, -0.2) is 4.98 Å². The Morgan fingerprint density at radius 1 is 0.434 bits per heavy atom. The Labute approximate surface area is 497 Å². The number of furan rings is 2. The molecule has 0 radical (unpaired) electrons. The van der Waals surface area contributed by atoms with E-state index < -0.39 is 0 Å². The Balaban J connectivity index is 0.00000645. The van der Waals surface area contributed by atoms with Crippen LogP contribution in [-0.2, 0) is 21.1 Å². The second-order valence-corrected chi connectivity index (χ2v) is 22.9. The predicted octanol–water partition coefficient (Wildman–Crippen LogP) is 20.4. The standard InChI is InChI=1S/C74H61N5O3.Pt/c1-42(2)55-36-50(47-23-12-10-13-24-47)37-56(43(3)4)68(55)78-63-32-19-17-30-61(63)76-72(78)49-27-22-28-52(35-49)80-53-40-59-66-46(9)75-74-67(54-29-16-21-34-65(54)81-74)71(66)82-70(59)60(41-53)73-77-62-31-18-20-33-64(62)79(73)69-57(44(5)6)38-51(39-58(69)45(7)8)48-25-14-11-15-26-48;/h10-34,36-40,42-45H,1-9H3;/q-2;+2. The second kappa shape index (κ2) is 21.2. The second-order valence-electron chi connectivity index (χ2n) is 22.9. The number of para-hydroxylation sites is 5. The van der Waals surface area contributed by atoms with Gasteiger partial charge in [0.2, 0.25) is 5.71 Å². The topological polar surface area (TPSA) is 84.0 Å². The van der Waals surface area contributed by atoms with Gasteiger partial charge in [-0.2, -0.15) is 0 Å². The number of hydrogen-bond acceptors (Lipinski definition) is 6. The smallest absolute Gasteiger partial charge is 0.500 e. The van der Waals surface area contributed by atoms with Gasteiger partial charge < -0.3 is 22.7 Å². The first kappa shape index (κ1) is 53.5. The van der Waals surface area contributed by atoms with E-state index in [2.05, 4.69) is 222 Å². The zero-order chi connectivity index (χ0) is 56.1. The molecule has 410 valence electrons. The number of rotatable bonds is 12. The minimum absolute atomic E-state index is 0. The summed E-state index contributed by atoms with van der Waals surface area (Å²) in [4.78, 5) is 16.1. The average molecular weight is 1260 g/mol. The number of aryl methyl sites for hydroxylation is 1. The van der Waals surface area contributed by atoms with Crippen LogP contribution in [0.3, 0.4) is 0 Å². The first-order chi connectivity index (χ1) is 39.9. The van der Waals surface area contributed by atoms with Gasteiger partial charge in [-0.15, -0.1) is 23.8 Å². The van der Waals surface area contributed by atoms with Crippen molar-refractivity contribution in [3.8, 4) is 67.9 Å². The van der Waals surface area contributed by atoms with Crippen molar-refractivity contribution in [1.82, 2.24) is 24.1 Å². The van der Waals surface area contributed by atoms with Crippen LogP contribution in [0.5, 0.6) is 11.5 Å². The van der Waals surface area contributed by atoms with E-state index >= 15 is 0 Å². The minimum atomic E-state index is 0. The maximum absolute atomic E-state index is 7.31. The van der Waals surface area contributed by atoms with Crippen molar-refractivity contribution in [2.24, 2.45) is 0 Å². The van der Waals surface area contributed by atoms with Crippen LogP contribution in [-0.4, -0.2) is 24.1 Å². The number of pyridine rings is 1. The average Bonchev–Trinajstić information content (AvgIpc) is 2.90. The number of aromatic nitrogens is 5. The zero-order valence-electron chi connectivity index (χ0n) is 47.9. The summed E-state index contributed by atoms with van der Waals surface area (Å²) in [6.07, 6.45) is 0. The van der Waals surface area contributed by atoms with Gasteiger partial charge in [-0.1, -0.05) is 182 Å². The van der Waals surface area contributed by atoms with Gasteiger partial charge in [0.1, 0.15) is 11.2 Å². The summed E-state index contributed by atoms with van der Waals surface area (Å²) < 4.78 is 25.6. The van der Waals surface area contributed by atoms with Gasteiger partial charge in [0.15, 0.2) is 0 Å². The molecule has 0 saturated heterocycles. The molecule has 0 fully saturated rings. The molecule has 0 aliphatic rings. The molecule has 0 atom stereocenters. The Morgan fingerprint density at radius 3 is 1.51 bits per heavy atom. The number of nitrogens with zero attached hydrogens (tertiary/aromatic N) is 5. The minimum Gasteiger partial charge on any atom is -0.500 e. The SMILES string of the molecule is Cc1nc2oc3ccccc3c2c2oc3c(-c4nc5ccccc5n4-c4c(C(C)C)cc(-c5ccccc5)cc4C(C)C)[c-]c(Oc4[c-]c(-c5nc6ccccc6n5-c5c(C(C)C)cc(-c6ccccc6)cc5C(C)C)ccc4)cc3c12.[Pt+2]. The molecule has 0 saturated carbocycles. The molecule has 9 aromatic carbocycles. The van der Waals surface area contributed by atoms with Gasteiger partial charge in [0.25, 0.3) is 0 Å². The van der Waals surface area contributed by atoms with Crippen molar-refractivity contribution < 1.29 is 34.6 Å². The number of ether oxygens (including phenoxy) is 1. The third-order valence-electron chi connectivity index (χ3n) is 16.2. The quantitative estimate of drug-likeness (QED) is 0.113. The third kappa shape index (κ3) is 9.06. The first-order valence-corrected chi connectivity index (χ1v) is 28.6. The molecule has 5 aromatic heterocycles. The van der Waals surface area contributed by atoms with E-state index in [1.165, 1.54) is 44.5 Å². The summed E-state index contributed by atoms with van der Waals surface area (Å²) in [6.45, 7) is 20.2. The van der Waals surface area contributed by atoms with Gasteiger partial charge >= 0.3 is 21.1 Å². The molecule has 0 amide bonds. The van der Waals surface area contributed by atoms with E-state index in [1.807, 2.05) is 43.3 Å². The molecule has 14 rings (SSSR count). The van der Waals surface area contributed by atoms with Crippen LogP contribution < -0.4 is 4.74 Å². The summed E-state index contributed by atoms with van der Waals surface area (Å²) in [5.41, 5.74) is 20.4. The fraction of sp³-hybridized carbons (Fsp3) is 0.176. The third-order valence-corrected chi connectivity index (χ3v) is 16.2. The molecule has 83 heavy (non-hydrogen) atoms. The van der Waals surface area contributed by atoms with Crippen LogP contribution in [0.4, 0.5) is 0 Å². The summed E-state index contributed by atoms with van der Waals surface area (Å²) in [5, 5.41) is 3.42. The fourth-order valence-electron chi connectivity index (χ4n) is 12.2. The summed E-state index contributed by atoms with van der Waals surface area (Å²) >= 11 is 0. The summed E-state index contributed by atoms with van der Waals surface area (Å²) in [6, 6.07) is 71.3. The molecule has 5 heterocycles. The van der Waals surface area contributed by atoms with Crippen molar-refractivity contribution in [2.45, 2.75) is 86.0 Å². The molecule has 0 bridgehead atoms. The number of benzene rings is 9. The Bertz CT molecular complexity index is 4750. The first-order valence-electron chi connectivity index (χ1n) is 28.6. The molecule has 0 unspecified atom stereocenters. The molecule has 0 N–H and O–H groups in total. The van der Waals surface area contributed by atoms with E-state index in [4.69, 9.17) is 28.5 Å². The molecule has 0 spiro atoms. The van der Waals surface area contributed by atoms with Crippen molar-refractivity contribution in [1.29, 1.82) is 0 Å². The molecule has 0 aliphatic heterocycles. The molecule has 8 nitrogen and oxygen atoms in total. The van der Waals surface area contributed by atoms with Gasteiger partial charge in [-0.3, -0.25) is 9.97 Å². The van der Waals surface area contributed by atoms with E-state index in [0.717, 1.165) is 77.7 Å². The van der Waals surface area contributed by atoms with Crippen LogP contribution >= 0.6 is 0 Å². The van der Waals surface area contributed by atoms with Crippen LogP contribution in [0.2, 0.25) is 0 Å². The summed E-state index contributed by atoms with van der Waals surface area (Å²) in [7, 11) is 0. The molecule has 9 heteroatoms. The largest absolute Gasteiger partial charge is 2.00 e. The van der Waals surface area contributed by atoms with Crippen molar-refractivity contribution in [2.75, 3.05) is 0 Å². The van der Waals surface area contributed by atoms with Crippen LogP contribution in [0.1, 0.15) is 107 Å². The van der Waals surface area contributed by atoms with Gasteiger partial charge in [0.05, 0.1) is 50.4 Å². The van der Waals surface area contributed by atoms with E-state index in [0.29, 0.717) is 39.8 Å². The Morgan fingerprint density at radius 2 is 0.940 bits per heavy atom. The fourth-order valence-corrected chi connectivity index (χ4v) is 12.2. The molecular formula is C74H61N5O3Pt. The Hall–Kier alpha value is -8.84. The van der Waals surface area contributed by atoms with E-state index in [1.54, 1.807) is 0 Å². The van der Waals surface area contributed by atoms with Crippen molar-refractivity contribution >= 4 is 66.1 Å². The zero-order valence-corrected chi connectivity index (χ0v) is 50.2. The normalized spacial score (nSPS) is 12.0. The van der Waals surface area contributed by atoms with E-state index in [-0.39, 0.29) is 44.7 Å². The summed E-state index contributed by atoms with van der Waals surface area (Å²) in [5.74, 6) is 3.16. The molecule has 14 aromatic rings. The Kier molecular flexibility index (Phi) is 13.6. The number of imidazole rings is 2. The predicted molar refractivity (Wildman–Crippen MR) is 335 cm³/mol. The van der Waals surface area contributed by atoms with E-state index in [9.17, 15) is 0 Å². The molecule has 0 aliphatic carbocycles. The molecular weight excluding hydrogens is 1200 g/mol. The van der Waals surface area contributed by atoms with Crippen molar-refractivity contribution in [3.05, 3.63) is 222 Å². The van der Waals surface area contributed by atoms with Crippen molar-refractivity contribution in [3.63, 3.8) is 0 Å².